The zero-order valence-corrected chi connectivity index (χ0v) is 9.55. The maximum Gasteiger partial charge on any atom is 0.394 e. The minimum Gasteiger partial charge on any atom is -0.412 e. The molecule has 0 saturated heterocycles. The fraction of sp³-hybridized carbons (Fsp3) is 0. The van der Waals surface area contributed by atoms with Crippen molar-refractivity contribution in [3.8, 4) is 0 Å². The second kappa shape index (κ2) is 16.6. The minimum absolute atomic E-state index is 0. The summed E-state index contributed by atoms with van der Waals surface area (Å²) in [4.78, 5) is 0. The Bertz CT molecular complexity index is 92.4. The van der Waals surface area contributed by atoms with Gasteiger partial charge in [0, 0.05) is 39.9 Å². The third-order valence-corrected chi connectivity index (χ3v) is 0. The zero-order chi connectivity index (χ0) is 4.50. The van der Waals surface area contributed by atoms with Gasteiger partial charge in [-0.3, -0.25) is 9.11 Å². The van der Waals surface area contributed by atoms with Crippen molar-refractivity contribution in [2.24, 2.45) is 0 Å². The van der Waals surface area contributed by atoms with Crippen molar-refractivity contribution in [2.75, 3.05) is 0 Å². The summed E-state index contributed by atoms with van der Waals surface area (Å²) in [7, 11) is -4.67. The Hall–Kier alpha value is 1.03. The Morgan fingerprint density at radius 1 is 0.800 bits per heavy atom. The SMILES string of the molecule is O.O.O.O.O=S(=O)(O)O.[Th]. The molecule has 0 aliphatic heterocycles. The summed E-state index contributed by atoms with van der Waals surface area (Å²) in [5.74, 6) is 0. The fourth-order valence-corrected chi connectivity index (χ4v) is 0. The van der Waals surface area contributed by atoms with Gasteiger partial charge in [-0.2, -0.15) is 8.42 Å². The van der Waals surface area contributed by atoms with Gasteiger partial charge in [0.2, 0.25) is 0 Å². The number of hydrogen-bond acceptors (Lipinski definition) is 2. The van der Waals surface area contributed by atoms with Crippen molar-refractivity contribution in [1.29, 1.82) is 0 Å². The van der Waals surface area contributed by atoms with E-state index in [2.05, 4.69) is 0 Å². The molecule has 0 atom stereocenters. The van der Waals surface area contributed by atoms with E-state index >= 15 is 0 Å². The molecule has 8 nitrogen and oxygen atoms in total. The van der Waals surface area contributed by atoms with Crippen LogP contribution in [0.2, 0.25) is 0 Å². The van der Waals surface area contributed by atoms with Crippen molar-refractivity contribution < 1.29 is 79.4 Å². The Labute approximate surface area is 89.1 Å². The molecule has 10 N–H and O–H groups in total. The Morgan fingerprint density at radius 3 is 0.800 bits per heavy atom. The second-order valence-electron chi connectivity index (χ2n) is 0.448. The van der Waals surface area contributed by atoms with Gasteiger partial charge in [0.25, 0.3) is 0 Å². The maximum atomic E-state index is 8.74. The van der Waals surface area contributed by atoms with E-state index in [9.17, 15) is 0 Å². The molecule has 10 heavy (non-hydrogen) atoms. The monoisotopic (exact) mass is 402 g/mol. The summed E-state index contributed by atoms with van der Waals surface area (Å²) in [6.07, 6.45) is 0. The van der Waals surface area contributed by atoms with Crippen LogP contribution in [0.5, 0.6) is 0 Å². The summed E-state index contributed by atoms with van der Waals surface area (Å²) in [6, 6.07) is 0. The van der Waals surface area contributed by atoms with Crippen LogP contribution in [0.3, 0.4) is 0 Å². The van der Waals surface area contributed by atoms with Gasteiger partial charge in [0.15, 0.2) is 0 Å². The van der Waals surface area contributed by atoms with Crippen molar-refractivity contribution in [3.63, 3.8) is 0 Å². The average molecular weight is 402 g/mol. The normalized spacial score (nSPS) is 5.80. The Balaban J connectivity index is -0.00000000800. The van der Waals surface area contributed by atoms with Crippen LogP contribution < -0.4 is 0 Å². The first-order chi connectivity index (χ1) is 2.00. The number of hydrogen-bond donors (Lipinski definition) is 2. The van der Waals surface area contributed by atoms with Gasteiger partial charge in [-0.15, -0.1) is 0 Å². The van der Waals surface area contributed by atoms with E-state index in [1.54, 1.807) is 0 Å². The largest absolute Gasteiger partial charge is 0.412 e. The van der Waals surface area contributed by atoms with Gasteiger partial charge in [-0.25, -0.2) is 0 Å². The summed E-state index contributed by atoms with van der Waals surface area (Å²) in [6.45, 7) is 0. The van der Waals surface area contributed by atoms with E-state index < -0.39 is 10.4 Å². The first-order valence-electron chi connectivity index (χ1n) is 0.698. The summed E-state index contributed by atoms with van der Waals surface area (Å²) in [5, 5.41) is 0. The average Bonchev–Trinajstić information content (AvgIpc) is 0.722. The van der Waals surface area contributed by atoms with Gasteiger partial charge in [0.1, 0.15) is 0 Å². The Kier molecular flexibility index (Phi) is 72.6. The van der Waals surface area contributed by atoms with E-state index in [1.807, 2.05) is 0 Å². The van der Waals surface area contributed by atoms with Crippen LogP contribution in [0.4, 0.5) is 0 Å². The molecule has 0 saturated carbocycles. The van der Waals surface area contributed by atoms with Crippen LogP contribution in [-0.2, 0) is 10.4 Å². The van der Waals surface area contributed by atoms with Crippen molar-refractivity contribution >= 4 is 10.4 Å². The van der Waals surface area contributed by atoms with E-state index in [0.29, 0.717) is 0 Å². The maximum absolute atomic E-state index is 8.74. The van der Waals surface area contributed by atoms with Crippen LogP contribution >= 0.6 is 0 Å². The first kappa shape index (κ1) is 43.8. The van der Waals surface area contributed by atoms with E-state index in [0.717, 1.165) is 0 Å². The standard InChI is InChI=1S/H2O4S.4H2O.Th/c1-5(2,3)4;;;;;/h(H2,1,2,3,4);4*1H2;. The second-order valence-corrected chi connectivity index (χ2v) is 1.34. The van der Waals surface area contributed by atoms with Crippen LogP contribution in [0, 0.1) is 39.9 Å². The molecule has 0 spiro atoms. The molecule has 0 unspecified atom stereocenters. The summed E-state index contributed by atoms with van der Waals surface area (Å²) in [5.41, 5.74) is 0. The third-order valence-electron chi connectivity index (χ3n) is 0. The molecule has 0 aliphatic carbocycles. The molecule has 0 aromatic rings. The predicted molar refractivity (Wildman–Crippen MR) is 28.6 cm³/mol. The van der Waals surface area contributed by atoms with Crippen molar-refractivity contribution in [3.05, 3.63) is 0 Å². The van der Waals surface area contributed by atoms with Gasteiger partial charge in [-0.05, 0) is 0 Å². The van der Waals surface area contributed by atoms with Crippen molar-refractivity contribution in [2.45, 2.75) is 0 Å². The fourth-order valence-electron chi connectivity index (χ4n) is 0. The quantitative estimate of drug-likeness (QED) is 0.390. The van der Waals surface area contributed by atoms with E-state index in [-0.39, 0.29) is 61.8 Å². The van der Waals surface area contributed by atoms with Crippen LogP contribution in [0.1, 0.15) is 0 Å². The molecule has 0 fully saturated rings. The zero-order valence-electron chi connectivity index (χ0n) is 4.62. The predicted octanol–water partition coefficient (Wildman–Crippen LogP) is -3.95. The molecule has 0 aromatic heterocycles. The molecule has 68 valence electrons. The molecule has 0 rings (SSSR count). The molecule has 0 radical (unpaired) electrons. The van der Waals surface area contributed by atoms with Gasteiger partial charge >= 0.3 is 10.4 Å². The molecule has 0 heterocycles. The van der Waals surface area contributed by atoms with Crippen LogP contribution in [-0.4, -0.2) is 39.4 Å². The van der Waals surface area contributed by atoms with Crippen LogP contribution in [0.25, 0.3) is 0 Å². The molecular formula is H10O8STh. The summed E-state index contributed by atoms with van der Waals surface area (Å²) < 4.78 is 31.6. The first-order valence-corrected chi connectivity index (χ1v) is 2.10. The van der Waals surface area contributed by atoms with Gasteiger partial charge in [-0.1, -0.05) is 0 Å². The van der Waals surface area contributed by atoms with E-state index in [4.69, 9.17) is 17.5 Å². The van der Waals surface area contributed by atoms with Crippen LogP contribution in [0.15, 0.2) is 0 Å². The smallest absolute Gasteiger partial charge is 0.394 e. The summed E-state index contributed by atoms with van der Waals surface area (Å²) >= 11 is 0. The van der Waals surface area contributed by atoms with Gasteiger partial charge < -0.3 is 21.9 Å². The molecule has 0 aromatic carbocycles. The van der Waals surface area contributed by atoms with E-state index in [1.165, 1.54) is 0 Å². The van der Waals surface area contributed by atoms with Gasteiger partial charge in [0.05, 0.1) is 0 Å². The third kappa shape index (κ3) is 545. The molecule has 0 aliphatic rings. The van der Waals surface area contributed by atoms with Crippen molar-refractivity contribution in [1.82, 2.24) is 0 Å². The number of rotatable bonds is 0. The molecular weight excluding hydrogens is 392 g/mol. The minimum atomic E-state index is -4.67. The Morgan fingerprint density at radius 2 is 0.800 bits per heavy atom. The molecule has 0 bridgehead atoms. The molecule has 0 amide bonds. The molecule has 10 heteroatoms. The topological polar surface area (TPSA) is 201 Å².